The molecule has 4 nitrogen and oxygen atoms in total. The monoisotopic (exact) mass is 474 g/mol. The molecule has 0 bridgehead atoms. The van der Waals surface area contributed by atoms with Crippen molar-refractivity contribution in [2.75, 3.05) is 20.1 Å². The zero-order valence-electron chi connectivity index (χ0n) is 14.5. The summed E-state index contributed by atoms with van der Waals surface area (Å²) in [4.78, 5) is 8.71. The van der Waals surface area contributed by atoms with Gasteiger partial charge in [0.1, 0.15) is 5.82 Å². The van der Waals surface area contributed by atoms with Crippen molar-refractivity contribution < 1.29 is 4.39 Å². The van der Waals surface area contributed by atoms with Gasteiger partial charge < -0.3 is 10.6 Å². The second-order valence-corrected chi connectivity index (χ2v) is 7.28. The molecule has 1 saturated carbocycles. The summed E-state index contributed by atoms with van der Waals surface area (Å²) in [5, 5.41) is 9.83. The predicted octanol–water partition coefficient (Wildman–Crippen LogP) is 3.65. The Hall–Kier alpha value is -1.22. The maximum absolute atomic E-state index is 14.0. The van der Waals surface area contributed by atoms with Gasteiger partial charge in [-0.2, -0.15) is 0 Å². The van der Waals surface area contributed by atoms with Gasteiger partial charge in [-0.3, -0.25) is 4.99 Å². The van der Waals surface area contributed by atoms with Gasteiger partial charge in [-0.1, -0.05) is 18.2 Å². The predicted molar refractivity (Wildman–Crippen MR) is 113 cm³/mol. The molecule has 25 heavy (non-hydrogen) atoms. The van der Waals surface area contributed by atoms with Crippen molar-refractivity contribution in [1.29, 1.82) is 0 Å². The van der Waals surface area contributed by atoms with E-state index in [0.717, 1.165) is 48.0 Å². The van der Waals surface area contributed by atoms with E-state index in [1.54, 1.807) is 24.5 Å². The Morgan fingerprint density at radius 2 is 2.08 bits per heavy atom. The van der Waals surface area contributed by atoms with E-state index < -0.39 is 0 Å². The Balaban J connectivity index is 0.00000225. The van der Waals surface area contributed by atoms with Gasteiger partial charge >= 0.3 is 0 Å². The first-order valence-electron chi connectivity index (χ1n) is 8.23. The van der Waals surface area contributed by atoms with Crippen LogP contribution in [0.15, 0.2) is 34.6 Å². The van der Waals surface area contributed by atoms with E-state index in [0.29, 0.717) is 6.54 Å². The topological polar surface area (TPSA) is 49.3 Å². The summed E-state index contributed by atoms with van der Waals surface area (Å²) in [5.41, 5.74) is 1.83. The number of aromatic nitrogens is 1. The number of thiazole rings is 1. The molecule has 0 unspecified atom stereocenters. The molecular formula is C18H24FIN4S. The molecule has 1 aliphatic carbocycles. The number of hydrogen-bond acceptors (Lipinski definition) is 3. The highest BCUT2D eigenvalue weighted by Gasteiger charge is 2.45. The highest BCUT2D eigenvalue weighted by molar-refractivity contribution is 14.0. The van der Waals surface area contributed by atoms with Crippen LogP contribution < -0.4 is 10.6 Å². The first-order valence-corrected chi connectivity index (χ1v) is 9.11. The summed E-state index contributed by atoms with van der Waals surface area (Å²) in [6, 6.07) is 7.08. The molecule has 1 aromatic heterocycles. The summed E-state index contributed by atoms with van der Waals surface area (Å²) in [6.45, 7) is 3.48. The van der Waals surface area contributed by atoms with Crippen molar-refractivity contribution in [3.05, 3.63) is 51.7 Å². The number of aliphatic imine (C=N–C) groups is 1. The molecule has 0 radical (unpaired) electrons. The minimum absolute atomic E-state index is 0. The first-order chi connectivity index (χ1) is 11.6. The van der Waals surface area contributed by atoms with Gasteiger partial charge in [0.15, 0.2) is 5.96 Å². The molecule has 1 aromatic carbocycles. The Morgan fingerprint density at radius 1 is 1.32 bits per heavy atom. The van der Waals surface area contributed by atoms with Crippen LogP contribution >= 0.6 is 35.3 Å². The van der Waals surface area contributed by atoms with Crippen molar-refractivity contribution in [3.8, 4) is 0 Å². The largest absolute Gasteiger partial charge is 0.356 e. The van der Waals surface area contributed by atoms with Gasteiger partial charge in [0, 0.05) is 37.4 Å². The Labute approximate surface area is 169 Å². The summed E-state index contributed by atoms with van der Waals surface area (Å²) in [7, 11) is 1.75. The van der Waals surface area contributed by atoms with Gasteiger partial charge in [-0.15, -0.1) is 35.3 Å². The van der Waals surface area contributed by atoms with E-state index >= 15 is 0 Å². The van der Waals surface area contributed by atoms with Crippen LogP contribution in [-0.2, 0) is 11.8 Å². The third kappa shape index (κ3) is 5.13. The minimum Gasteiger partial charge on any atom is -0.356 e. The quantitative estimate of drug-likeness (QED) is 0.382. The van der Waals surface area contributed by atoms with Crippen molar-refractivity contribution in [3.63, 3.8) is 0 Å². The van der Waals surface area contributed by atoms with Crippen molar-refractivity contribution >= 4 is 41.3 Å². The van der Waals surface area contributed by atoms with Crippen molar-refractivity contribution in [1.82, 2.24) is 15.6 Å². The van der Waals surface area contributed by atoms with E-state index in [4.69, 9.17) is 0 Å². The molecule has 0 atom stereocenters. The lowest BCUT2D eigenvalue weighted by Gasteiger charge is -2.19. The van der Waals surface area contributed by atoms with Crippen LogP contribution in [0.1, 0.15) is 29.1 Å². The fourth-order valence-corrected chi connectivity index (χ4v) is 3.54. The van der Waals surface area contributed by atoms with Gasteiger partial charge in [0.05, 0.1) is 10.7 Å². The molecular weight excluding hydrogens is 450 g/mol. The molecule has 3 rings (SSSR count). The van der Waals surface area contributed by atoms with Gasteiger partial charge in [-0.05, 0) is 31.4 Å². The number of benzene rings is 1. The lowest BCUT2D eigenvalue weighted by Crippen LogP contribution is -2.42. The molecule has 2 N–H and O–H groups in total. The molecule has 7 heteroatoms. The number of nitrogens with one attached hydrogen (secondary N) is 2. The molecule has 1 aliphatic rings. The average Bonchev–Trinajstić information content (AvgIpc) is 3.26. The van der Waals surface area contributed by atoms with Crippen LogP contribution in [0.4, 0.5) is 4.39 Å². The van der Waals surface area contributed by atoms with Gasteiger partial charge in [-0.25, -0.2) is 9.37 Å². The highest BCUT2D eigenvalue weighted by atomic mass is 127. The number of rotatable bonds is 6. The first kappa shape index (κ1) is 20.1. The molecule has 136 valence electrons. The summed E-state index contributed by atoms with van der Waals surface area (Å²) in [5.74, 6) is 0.642. The molecule has 2 aromatic rings. The fraction of sp³-hybridized carbons (Fsp3) is 0.444. The van der Waals surface area contributed by atoms with Crippen LogP contribution in [0, 0.1) is 12.7 Å². The van der Waals surface area contributed by atoms with Crippen LogP contribution in [0.3, 0.4) is 0 Å². The number of halogens is 2. The molecule has 1 heterocycles. The zero-order chi connectivity index (χ0) is 17.0. The minimum atomic E-state index is -0.112. The molecule has 0 aliphatic heterocycles. The highest BCUT2D eigenvalue weighted by Crippen LogP contribution is 2.48. The van der Waals surface area contributed by atoms with E-state index in [1.807, 2.05) is 19.1 Å². The number of nitrogens with zero attached hydrogens (tertiary/aromatic N) is 2. The van der Waals surface area contributed by atoms with Gasteiger partial charge in [0.2, 0.25) is 0 Å². The second-order valence-electron chi connectivity index (χ2n) is 6.22. The number of aryl methyl sites for hydroxylation is 1. The smallest absolute Gasteiger partial charge is 0.191 e. The molecule has 0 spiro atoms. The normalized spacial score (nSPS) is 15.4. The molecule has 0 amide bonds. The van der Waals surface area contributed by atoms with E-state index in [9.17, 15) is 4.39 Å². The van der Waals surface area contributed by atoms with Crippen molar-refractivity contribution in [2.24, 2.45) is 4.99 Å². The standard InChI is InChI=1S/C18H23FN4S.HI/c1-13-23-14(11-24-13)7-10-21-17(20-2)22-12-18(8-9-18)15-5-3-4-6-16(15)19;/h3-6,11H,7-10,12H2,1-2H3,(H2,20,21,22);1H. The van der Waals surface area contributed by atoms with E-state index in [2.05, 4.69) is 26.0 Å². The maximum Gasteiger partial charge on any atom is 0.191 e. The lowest BCUT2D eigenvalue weighted by atomic mass is 9.95. The third-order valence-corrected chi connectivity index (χ3v) is 5.28. The fourth-order valence-electron chi connectivity index (χ4n) is 2.89. The van der Waals surface area contributed by atoms with Crippen LogP contribution in [0.2, 0.25) is 0 Å². The van der Waals surface area contributed by atoms with Gasteiger partial charge in [0.25, 0.3) is 0 Å². The van der Waals surface area contributed by atoms with Crippen molar-refractivity contribution in [2.45, 2.75) is 31.6 Å². The van der Waals surface area contributed by atoms with E-state index in [1.165, 1.54) is 6.07 Å². The average molecular weight is 474 g/mol. The second kappa shape index (κ2) is 8.93. The summed E-state index contributed by atoms with van der Waals surface area (Å²) in [6.07, 6.45) is 2.88. The number of guanidine groups is 1. The SMILES string of the molecule is CN=C(NCCc1csc(C)n1)NCC1(c2ccccc2F)CC1.I. The molecule has 0 saturated heterocycles. The Kier molecular flexibility index (Phi) is 7.18. The van der Waals surface area contributed by atoms with Crippen LogP contribution in [-0.4, -0.2) is 31.1 Å². The van der Waals surface area contributed by atoms with Crippen LogP contribution in [0.25, 0.3) is 0 Å². The summed E-state index contributed by atoms with van der Waals surface area (Å²) >= 11 is 1.67. The third-order valence-electron chi connectivity index (χ3n) is 4.46. The maximum atomic E-state index is 14.0. The lowest BCUT2D eigenvalue weighted by molar-refractivity contribution is 0.559. The number of hydrogen-bond donors (Lipinski definition) is 2. The van der Waals surface area contributed by atoms with Crippen LogP contribution in [0.5, 0.6) is 0 Å². The zero-order valence-corrected chi connectivity index (χ0v) is 17.7. The summed E-state index contributed by atoms with van der Waals surface area (Å²) < 4.78 is 14.0. The Bertz CT molecular complexity index is 727. The Morgan fingerprint density at radius 3 is 2.68 bits per heavy atom. The van der Waals surface area contributed by atoms with E-state index in [-0.39, 0.29) is 35.2 Å². The molecule has 1 fully saturated rings.